The van der Waals surface area contributed by atoms with Crippen LogP contribution in [0.1, 0.15) is 42.5 Å². The van der Waals surface area contributed by atoms with Crippen molar-refractivity contribution >= 4 is 10.1 Å². The summed E-state index contributed by atoms with van der Waals surface area (Å²) in [5, 5.41) is 12.1. The van der Waals surface area contributed by atoms with E-state index in [9.17, 15) is 18.1 Å². The maximum atomic E-state index is 12.1. The van der Waals surface area contributed by atoms with E-state index >= 15 is 0 Å². The van der Waals surface area contributed by atoms with E-state index in [-0.39, 0.29) is 4.90 Å². The van der Waals surface area contributed by atoms with Crippen LogP contribution in [-0.4, -0.2) is 55.8 Å². The standard InChI is InChI=1S/C27H34NO2.C7H8O3S/c1-4-28(3,5-2)21-14-22-30-26-20-13-12-19-25(26)27(29,23-15-8-6-9-16-23)24-17-10-7-11-18-24;1-6-2-4-7(5-3-6)11(8,9)10/h6-13,15-20,29H,4-5,14,21-22H2,1-3H3;2-5H,1H3,(H,8,9,10)/q+1;/p-1. The Labute approximate surface area is 245 Å². The summed E-state index contributed by atoms with van der Waals surface area (Å²) in [4.78, 5) is -0.178. The first-order valence-electron chi connectivity index (χ1n) is 14.0. The van der Waals surface area contributed by atoms with Crippen LogP contribution in [0, 0.1) is 6.92 Å². The van der Waals surface area contributed by atoms with Gasteiger partial charge in [-0.1, -0.05) is 96.6 Å². The zero-order valence-corrected chi connectivity index (χ0v) is 25.2. The molecule has 0 spiro atoms. The van der Waals surface area contributed by atoms with Gasteiger partial charge >= 0.3 is 0 Å². The minimum atomic E-state index is -4.27. The van der Waals surface area contributed by atoms with Gasteiger partial charge in [0.2, 0.25) is 0 Å². The number of para-hydroxylation sites is 1. The van der Waals surface area contributed by atoms with Crippen LogP contribution in [0.5, 0.6) is 5.75 Å². The van der Waals surface area contributed by atoms with E-state index < -0.39 is 15.7 Å². The first-order chi connectivity index (χ1) is 19.5. The third-order valence-electron chi connectivity index (χ3n) is 7.60. The van der Waals surface area contributed by atoms with E-state index in [4.69, 9.17) is 4.74 Å². The van der Waals surface area contributed by atoms with Gasteiger partial charge in [-0.2, -0.15) is 0 Å². The van der Waals surface area contributed by atoms with Crippen molar-refractivity contribution in [3.05, 3.63) is 131 Å². The van der Waals surface area contributed by atoms with E-state index in [2.05, 4.69) is 20.9 Å². The number of hydrogen-bond acceptors (Lipinski definition) is 5. The normalized spacial score (nSPS) is 11.9. The summed E-state index contributed by atoms with van der Waals surface area (Å²) in [6.45, 7) is 10.2. The van der Waals surface area contributed by atoms with Gasteiger partial charge in [-0.25, -0.2) is 8.42 Å². The molecule has 1 N–H and O–H groups in total. The molecule has 218 valence electrons. The molecule has 0 unspecified atom stereocenters. The second-order valence-corrected chi connectivity index (χ2v) is 11.8. The van der Waals surface area contributed by atoms with Crippen molar-refractivity contribution < 1.29 is 27.3 Å². The van der Waals surface area contributed by atoms with E-state index in [0.29, 0.717) is 6.61 Å². The topological polar surface area (TPSA) is 86.7 Å². The van der Waals surface area contributed by atoms with Gasteiger partial charge in [-0.05, 0) is 50.1 Å². The Bertz CT molecular complexity index is 1410. The van der Waals surface area contributed by atoms with E-state index in [0.717, 1.165) is 58.5 Å². The molecule has 4 rings (SSSR count). The Hall–Kier alpha value is -3.49. The van der Waals surface area contributed by atoms with Crippen LogP contribution in [0.25, 0.3) is 0 Å². The molecule has 0 aromatic heterocycles. The van der Waals surface area contributed by atoms with Gasteiger partial charge in [-0.3, -0.25) is 0 Å². The minimum absolute atomic E-state index is 0.178. The molecule has 0 aliphatic heterocycles. The maximum Gasteiger partial charge on any atom is 0.144 e. The lowest BCUT2D eigenvalue weighted by molar-refractivity contribution is -0.906. The summed E-state index contributed by atoms with van der Waals surface area (Å²) in [5.41, 5.74) is 2.07. The number of hydrogen-bond donors (Lipinski definition) is 1. The van der Waals surface area contributed by atoms with Crippen molar-refractivity contribution in [2.45, 2.75) is 37.7 Å². The molecule has 4 aromatic rings. The zero-order chi connectivity index (χ0) is 29.9. The highest BCUT2D eigenvalue weighted by Crippen LogP contribution is 2.41. The van der Waals surface area contributed by atoms with Crippen molar-refractivity contribution in [2.75, 3.05) is 33.3 Å². The van der Waals surface area contributed by atoms with E-state index in [1.165, 1.54) is 12.1 Å². The Morgan fingerprint density at radius 2 is 1.27 bits per heavy atom. The molecule has 7 heteroatoms. The molecule has 0 radical (unpaired) electrons. The largest absolute Gasteiger partial charge is 0.744 e. The highest BCUT2D eigenvalue weighted by molar-refractivity contribution is 7.85. The van der Waals surface area contributed by atoms with Gasteiger partial charge in [0, 0.05) is 12.0 Å². The van der Waals surface area contributed by atoms with Gasteiger partial charge in [0.05, 0.1) is 38.2 Å². The lowest BCUT2D eigenvalue weighted by Crippen LogP contribution is -2.44. The third-order valence-corrected chi connectivity index (χ3v) is 8.45. The van der Waals surface area contributed by atoms with Crippen molar-refractivity contribution in [2.24, 2.45) is 0 Å². The second-order valence-electron chi connectivity index (χ2n) is 10.4. The Morgan fingerprint density at radius 3 is 1.76 bits per heavy atom. The molecule has 0 aliphatic carbocycles. The van der Waals surface area contributed by atoms with Crippen LogP contribution in [0.15, 0.2) is 114 Å². The molecule has 0 saturated carbocycles. The quantitative estimate of drug-likeness (QED) is 0.101. The molecule has 0 amide bonds. The highest BCUT2D eigenvalue weighted by Gasteiger charge is 2.36. The van der Waals surface area contributed by atoms with Crippen LogP contribution >= 0.6 is 0 Å². The van der Waals surface area contributed by atoms with E-state index in [1.807, 2.05) is 91.9 Å². The van der Waals surface area contributed by atoms with Crippen LogP contribution in [-0.2, 0) is 15.7 Å². The number of rotatable bonds is 11. The molecule has 0 atom stereocenters. The predicted octanol–water partition coefficient (Wildman–Crippen LogP) is 6.13. The van der Waals surface area contributed by atoms with Gasteiger partial charge < -0.3 is 18.9 Å². The third kappa shape index (κ3) is 8.50. The number of benzene rings is 4. The summed E-state index contributed by atoms with van der Waals surface area (Å²) in [6.07, 6.45) is 0.974. The maximum absolute atomic E-state index is 12.1. The lowest BCUT2D eigenvalue weighted by atomic mass is 9.80. The monoisotopic (exact) mass is 575 g/mol. The van der Waals surface area contributed by atoms with Crippen molar-refractivity contribution in [3.63, 3.8) is 0 Å². The fourth-order valence-corrected chi connectivity index (χ4v) is 5.07. The molecule has 0 aliphatic rings. The fraction of sp³-hybridized carbons (Fsp3) is 0.294. The SMILES string of the molecule is CC[N+](C)(CC)CCCOc1ccccc1C(O)(c1ccccc1)c1ccccc1.Cc1ccc(S(=O)(=O)[O-])cc1. The average Bonchev–Trinajstić information content (AvgIpc) is 3.00. The summed E-state index contributed by atoms with van der Waals surface area (Å²) in [7, 11) is -1.98. The van der Waals surface area contributed by atoms with Gasteiger partial charge in [0.1, 0.15) is 21.5 Å². The smallest absolute Gasteiger partial charge is 0.144 e. The molecule has 0 heterocycles. The van der Waals surface area contributed by atoms with E-state index in [1.54, 1.807) is 12.1 Å². The summed E-state index contributed by atoms with van der Waals surface area (Å²) >= 11 is 0. The van der Waals surface area contributed by atoms with Crippen molar-refractivity contribution in [1.82, 2.24) is 0 Å². The summed E-state index contributed by atoms with van der Waals surface area (Å²) in [5.74, 6) is 0.731. The first kappa shape index (κ1) is 32.0. The van der Waals surface area contributed by atoms with Crippen LogP contribution < -0.4 is 4.74 Å². The number of quaternary nitrogens is 1. The van der Waals surface area contributed by atoms with Crippen LogP contribution in [0.4, 0.5) is 0 Å². The number of ether oxygens (including phenoxy) is 1. The fourth-order valence-electron chi connectivity index (χ4n) is 4.60. The Morgan fingerprint density at radius 1 is 0.780 bits per heavy atom. The minimum Gasteiger partial charge on any atom is -0.744 e. The molecule has 0 fully saturated rings. The number of nitrogens with zero attached hydrogens (tertiary/aromatic N) is 1. The molecular formula is C34H41NO5S. The molecule has 41 heavy (non-hydrogen) atoms. The predicted molar refractivity (Wildman–Crippen MR) is 163 cm³/mol. The lowest BCUT2D eigenvalue weighted by Gasteiger charge is -2.33. The van der Waals surface area contributed by atoms with Gasteiger partial charge in [0.15, 0.2) is 0 Å². The van der Waals surface area contributed by atoms with Crippen LogP contribution in [0.2, 0.25) is 0 Å². The average molecular weight is 576 g/mol. The van der Waals surface area contributed by atoms with Gasteiger partial charge in [0.25, 0.3) is 0 Å². The second kappa shape index (κ2) is 14.4. The molecule has 6 nitrogen and oxygen atoms in total. The summed E-state index contributed by atoms with van der Waals surface area (Å²) < 4.78 is 38.5. The zero-order valence-electron chi connectivity index (χ0n) is 24.4. The molecule has 0 saturated heterocycles. The molecule has 4 aromatic carbocycles. The Balaban J connectivity index is 0.000000352. The summed E-state index contributed by atoms with van der Waals surface area (Å²) in [6, 6.07) is 33.3. The molecule has 0 bridgehead atoms. The van der Waals surface area contributed by atoms with Crippen LogP contribution in [0.3, 0.4) is 0 Å². The molecular weight excluding hydrogens is 534 g/mol. The van der Waals surface area contributed by atoms with Gasteiger partial charge in [-0.15, -0.1) is 0 Å². The van der Waals surface area contributed by atoms with Crippen molar-refractivity contribution in [3.8, 4) is 5.75 Å². The number of aliphatic hydroxyl groups is 1. The number of aryl methyl sites for hydroxylation is 1. The highest BCUT2D eigenvalue weighted by atomic mass is 32.2. The Kier molecular flexibility index (Phi) is 11.3. The first-order valence-corrected chi connectivity index (χ1v) is 15.4. The van der Waals surface area contributed by atoms with Crippen molar-refractivity contribution in [1.29, 1.82) is 0 Å².